The van der Waals surface area contributed by atoms with Crippen LogP contribution in [0.1, 0.15) is 43.9 Å². The third-order valence-electron chi connectivity index (χ3n) is 5.72. The highest BCUT2D eigenvalue weighted by molar-refractivity contribution is 7.91. The number of hydrogen-bond acceptors (Lipinski definition) is 5. The summed E-state index contributed by atoms with van der Waals surface area (Å²) in [5, 5.41) is 1.08. The van der Waals surface area contributed by atoms with Crippen molar-refractivity contribution in [3.8, 4) is 5.75 Å². The highest BCUT2D eigenvalue weighted by atomic mass is 32.2. The lowest BCUT2D eigenvalue weighted by Crippen LogP contribution is -2.44. The SMILES string of the molecule is CCCN(C(=O)COc1ccc2oc3c(c2c1)CCCC3)C1CCS(=O)(=O)C1. The molecule has 28 heavy (non-hydrogen) atoms. The maximum absolute atomic E-state index is 12.7. The van der Waals surface area contributed by atoms with Gasteiger partial charge in [-0.3, -0.25) is 4.79 Å². The van der Waals surface area contributed by atoms with E-state index in [9.17, 15) is 13.2 Å². The smallest absolute Gasteiger partial charge is 0.260 e. The molecule has 2 heterocycles. The first-order valence-corrected chi connectivity index (χ1v) is 12.0. The summed E-state index contributed by atoms with van der Waals surface area (Å²) >= 11 is 0. The Hall–Kier alpha value is -2.02. The Kier molecular flexibility index (Phi) is 5.36. The van der Waals surface area contributed by atoms with Crippen LogP contribution >= 0.6 is 0 Å². The average molecular weight is 406 g/mol. The largest absolute Gasteiger partial charge is 0.484 e. The fourth-order valence-electron chi connectivity index (χ4n) is 4.33. The standard InChI is InChI=1S/C21H27NO5S/c1-2-10-22(15-9-11-28(24,25)14-15)21(23)13-26-16-7-8-20-18(12-16)17-5-3-4-6-19(17)27-20/h7-8,12,15H,2-6,9-11,13-14H2,1H3. The topological polar surface area (TPSA) is 76.8 Å². The van der Waals surface area contributed by atoms with Crippen LogP contribution in [0, 0.1) is 0 Å². The van der Waals surface area contributed by atoms with Crippen molar-refractivity contribution in [2.75, 3.05) is 24.7 Å². The van der Waals surface area contributed by atoms with Crippen molar-refractivity contribution in [1.82, 2.24) is 4.90 Å². The summed E-state index contributed by atoms with van der Waals surface area (Å²) in [5.41, 5.74) is 2.14. The molecule has 6 nitrogen and oxygen atoms in total. The van der Waals surface area contributed by atoms with Gasteiger partial charge in [0, 0.05) is 30.0 Å². The van der Waals surface area contributed by atoms with Crippen molar-refractivity contribution in [2.24, 2.45) is 0 Å². The van der Waals surface area contributed by atoms with Gasteiger partial charge in [0.05, 0.1) is 11.5 Å². The van der Waals surface area contributed by atoms with Crippen molar-refractivity contribution in [1.29, 1.82) is 0 Å². The minimum atomic E-state index is -3.03. The lowest BCUT2D eigenvalue weighted by Gasteiger charge is -2.27. The van der Waals surface area contributed by atoms with E-state index in [4.69, 9.17) is 9.15 Å². The molecule has 0 spiro atoms. The van der Waals surface area contributed by atoms with E-state index < -0.39 is 9.84 Å². The molecule has 1 aromatic heterocycles. The molecule has 1 atom stereocenters. The molecule has 1 aliphatic carbocycles. The number of carbonyl (C=O) groups is 1. The number of ether oxygens (including phenoxy) is 1. The quantitative estimate of drug-likeness (QED) is 0.738. The van der Waals surface area contributed by atoms with E-state index in [0.717, 1.165) is 42.4 Å². The van der Waals surface area contributed by atoms with Crippen LogP contribution in [0.2, 0.25) is 0 Å². The number of sulfone groups is 1. The molecule has 1 aromatic carbocycles. The highest BCUT2D eigenvalue weighted by Crippen LogP contribution is 2.34. The summed E-state index contributed by atoms with van der Waals surface area (Å²) in [6, 6.07) is 5.46. The first kappa shape index (κ1) is 19.3. The maximum Gasteiger partial charge on any atom is 0.260 e. The fourth-order valence-corrected chi connectivity index (χ4v) is 6.06. The molecule has 0 bridgehead atoms. The second-order valence-electron chi connectivity index (χ2n) is 7.80. The Labute approximate surface area is 165 Å². The summed E-state index contributed by atoms with van der Waals surface area (Å²) < 4.78 is 35.3. The van der Waals surface area contributed by atoms with E-state index in [0.29, 0.717) is 18.7 Å². The van der Waals surface area contributed by atoms with Gasteiger partial charge in [0.2, 0.25) is 0 Å². The van der Waals surface area contributed by atoms with E-state index in [-0.39, 0.29) is 30.1 Å². The molecule has 1 unspecified atom stereocenters. The lowest BCUT2D eigenvalue weighted by molar-refractivity contribution is -0.135. The minimum absolute atomic E-state index is 0.0614. The molecule has 152 valence electrons. The van der Waals surface area contributed by atoms with E-state index >= 15 is 0 Å². The van der Waals surface area contributed by atoms with Gasteiger partial charge < -0.3 is 14.1 Å². The van der Waals surface area contributed by atoms with Gasteiger partial charge in [0.1, 0.15) is 17.1 Å². The molecule has 1 fully saturated rings. The van der Waals surface area contributed by atoms with Crippen molar-refractivity contribution in [3.63, 3.8) is 0 Å². The van der Waals surface area contributed by atoms with Gasteiger partial charge in [-0.2, -0.15) is 0 Å². The van der Waals surface area contributed by atoms with E-state index in [1.807, 2.05) is 25.1 Å². The van der Waals surface area contributed by atoms with Gasteiger partial charge in [-0.1, -0.05) is 6.92 Å². The fraction of sp³-hybridized carbons (Fsp3) is 0.571. The number of benzene rings is 1. The molecule has 7 heteroatoms. The number of aryl methyl sites for hydroxylation is 2. The Morgan fingerprint density at radius 3 is 2.86 bits per heavy atom. The second-order valence-corrected chi connectivity index (χ2v) is 10.0. The number of rotatable bonds is 6. The van der Waals surface area contributed by atoms with Gasteiger partial charge in [-0.25, -0.2) is 8.42 Å². The molecule has 1 saturated heterocycles. The monoisotopic (exact) mass is 405 g/mol. The molecule has 2 aliphatic rings. The molecular weight excluding hydrogens is 378 g/mol. The van der Waals surface area contributed by atoms with Gasteiger partial charge in [0.15, 0.2) is 16.4 Å². The Morgan fingerprint density at radius 1 is 1.29 bits per heavy atom. The number of amides is 1. The van der Waals surface area contributed by atoms with Crippen molar-refractivity contribution < 1.29 is 22.4 Å². The third kappa shape index (κ3) is 3.90. The molecule has 2 aromatic rings. The van der Waals surface area contributed by atoms with Crippen LogP contribution in [0.15, 0.2) is 22.6 Å². The Balaban J connectivity index is 1.46. The summed E-state index contributed by atoms with van der Waals surface area (Å²) in [6.45, 7) is 2.46. The number of carbonyl (C=O) groups excluding carboxylic acids is 1. The van der Waals surface area contributed by atoms with Gasteiger partial charge >= 0.3 is 0 Å². The zero-order chi connectivity index (χ0) is 19.7. The second kappa shape index (κ2) is 7.78. The van der Waals surface area contributed by atoms with Crippen molar-refractivity contribution >= 4 is 26.7 Å². The van der Waals surface area contributed by atoms with Gasteiger partial charge in [0.25, 0.3) is 5.91 Å². The van der Waals surface area contributed by atoms with E-state index in [1.54, 1.807) is 4.90 Å². The summed E-state index contributed by atoms with van der Waals surface area (Å²) in [6.07, 6.45) is 5.63. The molecule has 0 N–H and O–H groups in total. The van der Waals surface area contributed by atoms with Crippen LogP contribution in [0.5, 0.6) is 5.75 Å². The van der Waals surface area contributed by atoms with Crippen LogP contribution in [0.25, 0.3) is 11.0 Å². The molecule has 1 aliphatic heterocycles. The number of hydrogen-bond donors (Lipinski definition) is 0. The first-order valence-electron chi connectivity index (χ1n) is 10.1. The summed E-state index contributed by atoms with van der Waals surface area (Å²) in [7, 11) is -3.03. The normalized spacial score (nSPS) is 20.8. The molecule has 0 saturated carbocycles. The predicted octanol–water partition coefficient (Wildman–Crippen LogP) is 3.12. The molecule has 0 radical (unpaired) electrons. The Morgan fingerprint density at radius 2 is 2.11 bits per heavy atom. The average Bonchev–Trinajstić information content (AvgIpc) is 3.23. The number of fused-ring (bicyclic) bond motifs is 3. The van der Waals surface area contributed by atoms with Crippen LogP contribution in [-0.2, 0) is 27.5 Å². The zero-order valence-corrected chi connectivity index (χ0v) is 17.1. The number of furan rings is 1. The molecule has 1 amide bonds. The van der Waals surface area contributed by atoms with Crippen LogP contribution in [0.4, 0.5) is 0 Å². The highest BCUT2D eigenvalue weighted by Gasteiger charge is 2.34. The number of nitrogens with zero attached hydrogens (tertiary/aromatic N) is 1. The van der Waals surface area contributed by atoms with Gasteiger partial charge in [-0.05, 0) is 50.3 Å². The summed E-state index contributed by atoms with van der Waals surface area (Å²) in [4.78, 5) is 14.4. The first-order chi connectivity index (χ1) is 13.5. The van der Waals surface area contributed by atoms with E-state index in [2.05, 4.69) is 0 Å². The molecule has 4 rings (SSSR count). The summed E-state index contributed by atoms with van der Waals surface area (Å²) in [5.74, 6) is 1.79. The van der Waals surface area contributed by atoms with Crippen LogP contribution in [0.3, 0.4) is 0 Å². The van der Waals surface area contributed by atoms with Crippen molar-refractivity contribution in [3.05, 3.63) is 29.5 Å². The van der Waals surface area contributed by atoms with Crippen molar-refractivity contribution in [2.45, 2.75) is 51.5 Å². The van der Waals surface area contributed by atoms with Crippen LogP contribution < -0.4 is 4.74 Å². The molecular formula is C21H27NO5S. The lowest BCUT2D eigenvalue weighted by atomic mass is 9.96. The predicted molar refractivity (Wildman–Crippen MR) is 107 cm³/mol. The Bertz CT molecular complexity index is 978. The van der Waals surface area contributed by atoms with Crippen LogP contribution in [-0.4, -0.2) is 49.9 Å². The van der Waals surface area contributed by atoms with Gasteiger partial charge in [-0.15, -0.1) is 0 Å². The third-order valence-corrected chi connectivity index (χ3v) is 7.47. The zero-order valence-electron chi connectivity index (χ0n) is 16.3. The maximum atomic E-state index is 12.7. The minimum Gasteiger partial charge on any atom is -0.484 e. The van der Waals surface area contributed by atoms with E-state index in [1.165, 1.54) is 12.0 Å².